The van der Waals surface area contributed by atoms with Crippen LogP contribution in [0.3, 0.4) is 0 Å². The lowest BCUT2D eigenvalue weighted by atomic mass is 10.2. The van der Waals surface area contributed by atoms with E-state index in [4.69, 9.17) is 4.74 Å². The van der Waals surface area contributed by atoms with Gasteiger partial charge in [-0.15, -0.1) is 0 Å². The van der Waals surface area contributed by atoms with Gasteiger partial charge < -0.3 is 19.9 Å². The van der Waals surface area contributed by atoms with E-state index in [1.54, 1.807) is 0 Å². The summed E-state index contributed by atoms with van der Waals surface area (Å²) >= 11 is 0. The summed E-state index contributed by atoms with van der Waals surface area (Å²) in [7, 11) is 0. The Kier molecular flexibility index (Phi) is 4.06. The zero-order valence-corrected chi connectivity index (χ0v) is 11.6. The molecule has 1 aromatic rings. The molecule has 2 saturated heterocycles. The van der Waals surface area contributed by atoms with Gasteiger partial charge in [0.25, 0.3) is 0 Å². The minimum absolute atomic E-state index is 0.00427. The molecule has 20 heavy (non-hydrogen) atoms. The van der Waals surface area contributed by atoms with Gasteiger partial charge in [-0.05, 0) is 25.0 Å². The van der Waals surface area contributed by atoms with Crippen molar-refractivity contribution in [2.75, 3.05) is 37.7 Å². The smallest absolute Gasteiger partial charge is 0.319 e. The molecule has 2 heterocycles. The van der Waals surface area contributed by atoms with E-state index in [0.717, 1.165) is 45.6 Å². The molecule has 5 nitrogen and oxygen atoms in total. The van der Waals surface area contributed by atoms with Crippen LogP contribution in [0.4, 0.5) is 10.5 Å². The number of carbonyl (C=O) groups excluding carboxylic acids is 1. The number of hydrogen-bond donors (Lipinski definition) is 1. The van der Waals surface area contributed by atoms with Crippen LogP contribution in [0.5, 0.6) is 0 Å². The second-order valence-electron chi connectivity index (χ2n) is 5.26. The molecule has 0 saturated carbocycles. The van der Waals surface area contributed by atoms with Gasteiger partial charge in [0.15, 0.2) is 0 Å². The molecule has 108 valence electrons. The predicted octanol–water partition coefficient (Wildman–Crippen LogP) is 1.65. The minimum atomic E-state index is -0.0883. The highest BCUT2D eigenvalue weighted by molar-refractivity contribution is 5.74. The molecule has 0 spiro atoms. The molecule has 5 heteroatoms. The van der Waals surface area contributed by atoms with E-state index >= 15 is 0 Å². The lowest BCUT2D eigenvalue weighted by molar-refractivity contribution is 0.0831. The maximum Gasteiger partial charge on any atom is 0.319 e. The average Bonchev–Trinajstić information content (AvgIpc) is 3.01. The lowest BCUT2D eigenvalue weighted by Gasteiger charge is -2.36. The van der Waals surface area contributed by atoms with E-state index in [1.807, 2.05) is 23.1 Å². The van der Waals surface area contributed by atoms with E-state index in [-0.39, 0.29) is 12.3 Å². The van der Waals surface area contributed by atoms with Gasteiger partial charge >= 0.3 is 6.03 Å². The van der Waals surface area contributed by atoms with Crippen molar-refractivity contribution in [3.05, 3.63) is 30.3 Å². The Balaban J connectivity index is 1.49. The maximum atomic E-state index is 12.1. The van der Waals surface area contributed by atoms with E-state index in [0.29, 0.717) is 0 Å². The van der Waals surface area contributed by atoms with Crippen molar-refractivity contribution in [3.8, 4) is 0 Å². The third-order valence-electron chi connectivity index (χ3n) is 3.90. The maximum absolute atomic E-state index is 12.1. The molecule has 2 fully saturated rings. The summed E-state index contributed by atoms with van der Waals surface area (Å²) in [4.78, 5) is 16.3. The number of carbonyl (C=O) groups is 1. The molecule has 1 aromatic carbocycles. The number of amides is 2. The summed E-state index contributed by atoms with van der Waals surface area (Å²) in [6.45, 7) is 4.03. The first-order chi connectivity index (χ1) is 9.83. The minimum Gasteiger partial charge on any atom is -0.368 e. The van der Waals surface area contributed by atoms with Gasteiger partial charge in [0, 0.05) is 38.5 Å². The number of anilines is 1. The van der Waals surface area contributed by atoms with Gasteiger partial charge in [-0.3, -0.25) is 0 Å². The Morgan fingerprint density at radius 2 is 1.90 bits per heavy atom. The number of benzene rings is 1. The van der Waals surface area contributed by atoms with Crippen molar-refractivity contribution in [2.24, 2.45) is 0 Å². The van der Waals surface area contributed by atoms with E-state index in [9.17, 15) is 4.79 Å². The molecule has 0 aromatic heterocycles. The van der Waals surface area contributed by atoms with Crippen molar-refractivity contribution in [1.82, 2.24) is 10.2 Å². The Morgan fingerprint density at radius 1 is 1.15 bits per heavy atom. The number of para-hydroxylation sites is 1. The molecule has 2 aliphatic rings. The Bertz CT molecular complexity index is 438. The summed E-state index contributed by atoms with van der Waals surface area (Å²) in [5.41, 5.74) is 1.23. The first-order valence-electron chi connectivity index (χ1n) is 7.30. The van der Waals surface area contributed by atoms with Crippen molar-refractivity contribution < 1.29 is 9.53 Å². The standard InChI is InChI=1S/C15H21N3O2/c19-15(16-14-7-4-12-20-14)18-10-8-17(9-11-18)13-5-2-1-3-6-13/h1-3,5-6,14H,4,7-12H2,(H,16,19). The van der Waals surface area contributed by atoms with E-state index in [1.165, 1.54) is 5.69 Å². The molecule has 2 aliphatic heterocycles. The van der Waals surface area contributed by atoms with Crippen LogP contribution in [0, 0.1) is 0 Å². The van der Waals surface area contributed by atoms with Crippen molar-refractivity contribution in [3.63, 3.8) is 0 Å². The average molecular weight is 275 g/mol. The number of piperazine rings is 1. The molecule has 0 aliphatic carbocycles. The van der Waals surface area contributed by atoms with Crippen LogP contribution >= 0.6 is 0 Å². The van der Waals surface area contributed by atoms with Crippen molar-refractivity contribution >= 4 is 11.7 Å². The van der Waals surface area contributed by atoms with Crippen LogP contribution in [0.1, 0.15) is 12.8 Å². The summed E-state index contributed by atoms with van der Waals surface area (Å²) < 4.78 is 5.44. The van der Waals surface area contributed by atoms with Crippen LogP contribution in [0.2, 0.25) is 0 Å². The fraction of sp³-hybridized carbons (Fsp3) is 0.533. The second-order valence-corrected chi connectivity index (χ2v) is 5.26. The highest BCUT2D eigenvalue weighted by Crippen LogP contribution is 2.16. The Labute approximate surface area is 119 Å². The number of ether oxygens (including phenoxy) is 1. The van der Waals surface area contributed by atoms with Gasteiger partial charge in [0.1, 0.15) is 6.23 Å². The van der Waals surface area contributed by atoms with Gasteiger partial charge in [-0.25, -0.2) is 4.79 Å². The first-order valence-corrected chi connectivity index (χ1v) is 7.30. The largest absolute Gasteiger partial charge is 0.368 e. The quantitative estimate of drug-likeness (QED) is 0.892. The van der Waals surface area contributed by atoms with E-state index in [2.05, 4.69) is 22.3 Å². The second kappa shape index (κ2) is 6.13. The molecular formula is C15H21N3O2. The van der Waals surface area contributed by atoms with E-state index < -0.39 is 0 Å². The molecule has 0 radical (unpaired) electrons. The summed E-state index contributed by atoms with van der Waals surface area (Å²) in [5.74, 6) is 0. The van der Waals surface area contributed by atoms with Crippen LogP contribution in [0.25, 0.3) is 0 Å². The van der Waals surface area contributed by atoms with Gasteiger partial charge in [-0.1, -0.05) is 18.2 Å². The number of nitrogens with one attached hydrogen (secondary N) is 1. The molecule has 2 amide bonds. The fourth-order valence-electron chi connectivity index (χ4n) is 2.73. The highest BCUT2D eigenvalue weighted by Gasteiger charge is 2.24. The third kappa shape index (κ3) is 3.04. The molecule has 1 atom stereocenters. The highest BCUT2D eigenvalue weighted by atomic mass is 16.5. The summed E-state index contributed by atoms with van der Waals surface area (Å²) in [5, 5.41) is 2.95. The van der Waals surface area contributed by atoms with Crippen LogP contribution in [-0.4, -0.2) is 49.9 Å². The monoisotopic (exact) mass is 275 g/mol. The fourth-order valence-corrected chi connectivity index (χ4v) is 2.73. The molecule has 0 bridgehead atoms. The number of nitrogens with zero attached hydrogens (tertiary/aromatic N) is 2. The summed E-state index contributed by atoms with van der Waals surface area (Å²) in [6, 6.07) is 10.3. The first kappa shape index (κ1) is 13.2. The number of hydrogen-bond acceptors (Lipinski definition) is 3. The zero-order valence-electron chi connectivity index (χ0n) is 11.6. The van der Waals surface area contributed by atoms with Crippen molar-refractivity contribution in [1.29, 1.82) is 0 Å². The van der Waals surface area contributed by atoms with Crippen LogP contribution < -0.4 is 10.2 Å². The van der Waals surface area contributed by atoms with Gasteiger partial charge in [-0.2, -0.15) is 0 Å². The third-order valence-corrected chi connectivity index (χ3v) is 3.90. The topological polar surface area (TPSA) is 44.8 Å². The Morgan fingerprint density at radius 3 is 2.55 bits per heavy atom. The zero-order chi connectivity index (χ0) is 13.8. The molecular weight excluding hydrogens is 254 g/mol. The predicted molar refractivity (Wildman–Crippen MR) is 77.7 cm³/mol. The normalized spacial score (nSPS) is 22.9. The van der Waals surface area contributed by atoms with Crippen molar-refractivity contribution in [2.45, 2.75) is 19.1 Å². The molecule has 1 unspecified atom stereocenters. The van der Waals surface area contributed by atoms with Gasteiger partial charge in [0.2, 0.25) is 0 Å². The molecule has 3 rings (SSSR count). The lowest BCUT2D eigenvalue weighted by Crippen LogP contribution is -2.53. The van der Waals surface area contributed by atoms with Crippen LogP contribution in [-0.2, 0) is 4.74 Å². The number of urea groups is 1. The number of rotatable bonds is 2. The van der Waals surface area contributed by atoms with Crippen LogP contribution in [0.15, 0.2) is 30.3 Å². The van der Waals surface area contributed by atoms with Gasteiger partial charge in [0.05, 0.1) is 0 Å². The molecule has 1 N–H and O–H groups in total. The summed E-state index contributed by atoms with van der Waals surface area (Å²) in [6.07, 6.45) is 1.87. The Hall–Kier alpha value is -1.75. The SMILES string of the molecule is O=C(NC1CCCO1)N1CCN(c2ccccc2)CC1.